The summed E-state index contributed by atoms with van der Waals surface area (Å²) in [6, 6.07) is 6.06. The molecule has 14 heteroatoms. The number of nitro groups is 1. The van der Waals surface area contributed by atoms with E-state index < -0.39 is 11.3 Å². The zero-order chi connectivity index (χ0) is 28.9. The molecule has 1 aromatic carbocycles. The van der Waals surface area contributed by atoms with E-state index in [2.05, 4.69) is 24.9 Å². The Hall–Kier alpha value is -3.68. The Bertz CT molecular complexity index is 1210. The van der Waals surface area contributed by atoms with Crippen LogP contribution < -0.4 is 15.8 Å². The van der Waals surface area contributed by atoms with Gasteiger partial charge in [-0.3, -0.25) is 19.8 Å². The zero-order valence-corrected chi connectivity index (χ0v) is 22.3. The maximum Gasteiger partial charge on any atom is 0.573 e. The molecule has 2 heterocycles. The normalized spacial score (nSPS) is 20.6. The van der Waals surface area contributed by atoms with Crippen molar-refractivity contribution in [1.82, 2.24) is 19.8 Å². The van der Waals surface area contributed by atoms with Gasteiger partial charge in [-0.25, -0.2) is 4.98 Å². The second-order valence-electron chi connectivity index (χ2n) is 10.3. The highest BCUT2D eigenvalue weighted by Crippen LogP contribution is 2.34. The maximum atomic E-state index is 12.8. The number of amides is 1. The number of nitrogens with zero attached hydrogens (tertiary/aromatic N) is 5. The minimum Gasteiger partial charge on any atom is -0.405 e. The quantitative estimate of drug-likeness (QED) is 0.357. The fourth-order valence-corrected chi connectivity index (χ4v) is 5.59. The van der Waals surface area contributed by atoms with E-state index in [1.54, 1.807) is 13.0 Å². The number of para-hydroxylation sites is 1. The predicted octanol–water partition coefficient (Wildman–Crippen LogP) is 4.13. The summed E-state index contributed by atoms with van der Waals surface area (Å²) >= 11 is 0. The third kappa shape index (κ3) is 7.71. The molecule has 218 valence electrons. The summed E-state index contributed by atoms with van der Waals surface area (Å²) in [5.74, 6) is -0.408. The molecular formula is C26H34F3N7O4. The molecule has 2 aliphatic rings. The number of carbonyl (C=O) groups excluding carboxylic acids is 1. The van der Waals surface area contributed by atoms with Crippen molar-refractivity contribution in [2.24, 2.45) is 5.92 Å². The van der Waals surface area contributed by atoms with Crippen LogP contribution in [-0.4, -0.2) is 69.2 Å². The van der Waals surface area contributed by atoms with Crippen molar-refractivity contribution in [3.8, 4) is 5.75 Å². The molecule has 1 amide bonds. The number of aromatic nitrogens is 2. The zero-order valence-electron chi connectivity index (χ0n) is 22.3. The first-order valence-corrected chi connectivity index (χ1v) is 13.4. The van der Waals surface area contributed by atoms with Crippen molar-refractivity contribution in [1.29, 1.82) is 0 Å². The largest absolute Gasteiger partial charge is 0.573 e. The molecule has 3 N–H and O–H groups in total. The van der Waals surface area contributed by atoms with Crippen LogP contribution in [-0.2, 0) is 17.8 Å². The topological polar surface area (TPSA) is 140 Å². The highest BCUT2D eigenvalue weighted by molar-refractivity contribution is 5.73. The van der Waals surface area contributed by atoms with Gasteiger partial charge in [-0.15, -0.1) is 13.2 Å². The van der Waals surface area contributed by atoms with E-state index in [9.17, 15) is 28.1 Å². The number of carbonyl (C=O) groups is 1. The molecule has 11 nitrogen and oxygen atoms in total. The van der Waals surface area contributed by atoms with Crippen LogP contribution >= 0.6 is 0 Å². The van der Waals surface area contributed by atoms with E-state index in [-0.39, 0.29) is 52.8 Å². The average Bonchev–Trinajstić information content (AvgIpc) is 3.14. The number of hydrogen-bond acceptors (Lipinski definition) is 9. The van der Waals surface area contributed by atoms with Crippen LogP contribution in [0.15, 0.2) is 24.3 Å². The van der Waals surface area contributed by atoms with Gasteiger partial charge >= 0.3 is 12.0 Å². The summed E-state index contributed by atoms with van der Waals surface area (Å²) in [5.41, 5.74) is 6.01. The molecule has 4 rings (SSSR count). The average molecular weight is 566 g/mol. The second kappa shape index (κ2) is 12.7. The Morgan fingerprint density at radius 3 is 2.55 bits per heavy atom. The fraction of sp³-hybridized carbons (Fsp3) is 0.577. The molecule has 1 saturated carbocycles. The van der Waals surface area contributed by atoms with Crippen LogP contribution in [0, 0.1) is 16.0 Å². The van der Waals surface area contributed by atoms with Gasteiger partial charge in [0.2, 0.25) is 17.7 Å². The lowest BCUT2D eigenvalue weighted by molar-refractivity contribution is -0.385. The summed E-state index contributed by atoms with van der Waals surface area (Å²) in [7, 11) is 0. The van der Waals surface area contributed by atoms with Gasteiger partial charge in [0, 0.05) is 51.3 Å². The molecule has 0 bridgehead atoms. The molecule has 0 unspecified atom stereocenters. The van der Waals surface area contributed by atoms with Crippen LogP contribution in [0.3, 0.4) is 0 Å². The molecule has 1 aromatic heterocycles. The maximum absolute atomic E-state index is 12.8. The van der Waals surface area contributed by atoms with Crippen molar-refractivity contribution in [3.05, 3.63) is 45.6 Å². The summed E-state index contributed by atoms with van der Waals surface area (Å²) in [6.07, 6.45) is 0.0526. The van der Waals surface area contributed by atoms with Crippen molar-refractivity contribution < 1.29 is 27.6 Å². The van der Waals surface area contributed by atoms with Crippen molar-refractivity contribution in [3.63, 3.8) is 0 Å². The van der Waals surface area contributed by atoms with Crippen molar-refractivity contribution in [2.75, 3.05) is 37.2 Å². The summed E-state index contributed by atoms with van der Waals surface area (Å²) in [5, 5.41) is 14.6. The summed E-state index contributed by atoms with van der Waals surface area (Å²) in [6.45, 7) is 4.78. The molecule has 0 radical (unpaired) electrons. The third-order valence-corrected chi connectivity index (χ3v) is 7.59. The summed E-state index contributed by atoms with van der Waals surface area (Å²) in [4.78, 5) is 35.6. The molecule has 0 spiro atoms. The standard InChI is InChI=1S/C26H34F3N7O4/c1-17(37)34-11-4-12-35(14-13-34)20-9-7-18(8-10-20)15-21-23(36(38)39)24(30)33-25(32-21)31-16-19-5-2-3-6-22(19)40-26(27,28)29/h2-3,5-6,18,20H,4,7-16H2,1H3,(H3,30,31,32,33). The van der Waals surface area contributed by atoms with Gasteiger partial charge in [-0.1, -0.05) is 18.2 Å². The Morgan fingerprint density at radius 2 is 1.88 bits per heavy atom. The lowest BCUT2D eigenvalue weighted by Gasteiger charge is -2.36. The lowest BCUT2D eigenvalue weighted by atomic mass is 9.82. The number of nitrogens with one attached hydrogen (secondary N) is 1. The number of rotatable bonds is 8. The van der Waals surface area contributed by atoms with Gasteiger partial charge in [0.15, 0.2) is 0 Å². The number of ether oxygens (including phenoxy) is 1. The highest BCUT2D eigenvalue weighted by Gasteiger charge is 2.33. The van der Waals surface area contributed by atoms with E-state index in [0.717, 1.165) is 58.3 Å². The van der Waals surface area contributed by atoms with E-state index in [1.165, 1.54) is 18.2 Å². The number of benzene rings is 1. The molecule has 1 saturated heterocycles. The van der Waals surface area contributed by atoms with E-state index in [1.807, 2.05) is 4.90 Å². The molecule has 2 fully saturated rings. The van der Waals surface area contributed by atoms with Crippen molar-refractivity contribution >= 4 is 23.4 Å². The molecule has 40 heavy (non-hydrogen) atoms. The predicted molar refractivity (Wildman–Crippen MR) is 141 cm³/mol. The van der Waals surface area contributed by atoms with Gasteiger partial charge in [0.1, 0.15) is 11.4 Å². The number of nitrogens with two attached hydrogens (primary N) is 1. The Morgan fingerprint density at radius 1 is 1.15 bits per heavy atom. The monoisotopic (exact) mass is 565 g/mol. The van der Waals surface area contributed by atoms with Gasteiger partial charge in [0.05, 0.1) is 4.92 Å². The highest BCUT2D eigenvalue weighted by atomic mass is 19.4. The minimum atomic E-state index is -4.85. The van der Waals surface area contributed by atoms with E-state index in [4.69, 9.17) is 5.73 Å². The van der Waals surface area contributed by atoms with E-state index in [0.29, 0.717) is 12.5 Å². The Balaban J connectivity index is 1.41. The number of nitrogen functional groups attached to an aromatic ring is 1. The smallest absolute Gasteiger partial charge is 0.405 e. The Labute approximate surface area is 230 Å². The van der Waals surface area contributed by atoms with Gasteiger partial charge in [-0.05, 0) is 50.5 Å². The van der Waals surface area contributed by atoms with Gasteiger partial charge in [0.25, 0.3) is 0 Å². The minimum absolute atomic E-state index is 0.00631. The van der Waals surface area contributed by atoms with Gasteiger partial charge < -0.3 is 20.7 Å². The SMILES string of the molecule is CC(=O)N1CCCN(C2CCC(Cc3nc(NCc4ccccc4OC(F)(F)F)nc(N)c3[N+](=O)[O-])CC2)CC1. The van der Waals surface area contributed by atoms with Crippen LogP contribution in [0.25, 0.3) is 0 Å². The van der Waals surface area contributed by atoms with E-state index >= 15 is 0 Å². The second-order valence-corrected chi connectivity index (χ2v) is 10.3. The first kappa shape index (κ1) is 29.3. The molecule has 0 atom stereocenters. The molecule has 1 aliphatic carbocycles. The fourth-order valence-electron chi connectivity index (χ4n) is 5.59. The molecule has 1 aliphatic heterocycles. The first-order chi connectivity index (χ1) is 19.0. The third-order valence-electron chi connectivity index (χ3n) is 7.59. The van der Waals surface area contributed by atoms with Gasteiger partial charge in [-0.2, -0.15) is 4.98 Å². The summed E-state index contributed by atoms with van der Waals surface area (Å²) < 4.78 is 42.4. The number of hydrogen-bond donors (Lipinski definition) is 2. The first-order valence-electron chi connectivity index (χ1n) is 13.4. The molecular weight excluding hydrogens is 531 g/mol. The lowest BCUT2D eigenvalue weighted by Crippen LogP contribution is -2.41. The van der Waals surface area contributed by atoms with Crippen LogP contribution in [0.2, 0.25) is 0 Å². The van der Waals surface area contributed by atoms with Crippen molar-refractivity contribution in [2.45, 2.75) is 64.4 Å². The number of halogens is 3. The van der Waals surface area contributed by atoms with Crippen LogP contribution in [0.1, 0.15) is 50.3 Å². The number of anilines is 2. The number of alkyl halides is 3. The van der Waals surface area contributed by atoms with Crippen LogP contribution in [0.4, 0.5) is 30.6 Å². The molecule has 2 aromatic rings. The van der Waals surface area contributed by atoms with Crippen LogP contribution in [0.5, 0.6) is 5.75 Å². The Kier molecular flexibility index (Phi) is 9.28.